The Morgan fingerprint density at radius 2 is 2.04 bits per heavy atom. The van der Waals surface area contributed by atoms with Gasteiger partial charge in [0.25, 0.3) is 5.91 Å². The first-order valence-corrected chi connectivity index (χ1v) is 9.73. The zero-order valence-electron chi connectivity index (χ0n) is 16.8. The van der Waals surface area contributed by atoms with Gasteiger partial charge in [-0.1, -0.05) is 30.3 Å². The molecule has 0 aliphatic carbocycles. The molecule has 1 aliphatic rings. The van der Waals surface area contributed by atoms with Crippen LogP contribution >= 0.6 is 12.4 Å². The largest absolute Gasteiger partial charge is 0.488 e. The van der Waals surface area contributed by atoms with Crippen LogP contribution in [0.15, 0.2) is 24.3 Å². The topological polar surface area (TPSA) is 81.1 Å². The Balaban J connectivity index is 0.00000280. The molecule has 3 rings (SSSR count). The summed E-state index contributed by atoms with van der Waals surface area (Å²) in [5.74, 6) is 0.658. The van der Waals surface area contributed by atoms with E-state index in [0.717, 1.165) is 49.4 Å². The summed E-state index contributed by atoms with van der Waals surface area (Å²) in [6.45, 7) is 8.36. The van der Waals surface area contributed by atoms with Crippen LogP contribution < -0.4 is 15.4 Å². The molecule has 0 saturated carbocycles. The number of benzene rings is 1. The molecule has 1 aromatic heterocycles. The fraction of sp³-hybridized carbons (Fsp3) is 0.550. The van der Waals surface area contributed by atoms with Crippen LogP contribution in [0, 0.1) is 13.8 Å². The molecule has 1 aromatic carbocycles. The molecule has 28 heavy (non-hydrogen) atoms. The maximum absolute atomic E-state index is 12.6. The Bertz CT molecular complexity index is 774. The summed E-state index contributed by atoms with van der Waals surface area (Å²) < 4.78 is 7.95. The van der Waals surface area contributed by atoms with Gasteiger partial charge in [-0.3, -0.25) is 4.79 Å². The third-order valence-corrected chi connectivity index (χ3v) is 5.13. The minimum absolute atomic E-state index is 0. The van der Waals surface area contributed by atoms with Crippen LogP contribution in [0.1, 0.15) is 54.0 Å². The molecule has 2 aromatic rings. The van der Waals surface area contributed by atoms with E-state index in [2.05, 4.69) is 20.9 Å². The summed E-state index contributed by atoms with van der Waals surface area (Å²) in [5, 5.41) is 14.7. The maximum Gasteiger partial charge on any atom is 0.273 e. The molecule has 1 amide bonds. The van der Waals surface area contributed by atoms with Gasteiger partial charge in [0.15, 0.2) is 5.69 Å². The lowest BCUT2D eigenvalue weighted by molar-refractivity contribution is 0.0920. The van der Waals surface area contributed by atoms with Gasteiger partial charge in [0.05, 0.1) is 18.3 Å². The van der Waals surface area contributed by atoms with Crippen molar-refractivity contribution < 1.29 is 9.53 Å². The normalized spacial score (nSPS) is 15.5. The van der Waals surface area contributed by atoms with Crippen molar-refractivity contribution in [3.8, 4) is 5.75 Å². The smallest absolute Gasteiger partial charge is 0.273 e. The number of hydrogen-bond acceptors (Lipinski definition) is 5. The van der Waals surface area contributed by atoms with Crippen molar-refractivity contribution >= 4 is 18.3 Å². The average Bonchev–Trinajstić information content (AvgIpc) is 3.08. The Hall–Kier alpha value is -2.12. The molecule has 0 spiro atoms. The number of carbonyl (C=O) groups is 1. The highest BCUT2D eigenvalue weighted by atomic mass is 35.5. The molecule has 1 aliphatic heterocycles. The van der Waals surface area contributed by atoms with E-state index in [1.54, 1.807) is 0 Å². The van der Waals surface area contributed by atoms with Crippen molar-refractivity contribution in [1.29, 1.82) is 0 Å². The summed E-state index contributed by atoms with van der Waals surface area (Å²) in [6.07, 6.45) is 2.73. The minimum atomic E-state index is -0.195. The minimum Gasteiger partial charge on any atom is -0.488 e. The number of para-hydroxylation sites is 1. The number of nitrogens with zero attached hydrogens (tertiary/aromatic N) is 3. The van der Waals surface area contributed by atoms with Crippen molar-refractivity contribution in [3.05, 3.63) is 41.2 Å². The van der Waals surface area contributed by atoms with Crippen molar-refractivity contribution in [1.82, 2.24) is 25.6 Å². The lowest BCUT2D eigenvalue weighted by atomic mass is 10.1. The molecule has 7 nitrogen and oxygen atoms in total. The summed E-state index contributed by atoms with van der Waals surface area (Å²) in [4.78, 5) is 12.6. The molecule has 1 unspecified atom stereocenters. The third-order valence-electron chi connectivity index (χ3n) is 5.13. The zero-order chi connectivity index (χ0) is 19.2. The second kappa shape index (κ2) is 10.4. The number of amides is 1. The Labute approximate surface area is 172 Å². The van der Waals surface area contributed by atoms with Crippen LogP contribution in [0.3, 0.4) is 0 Å². The highest BCUT2D eigenvalue weighted by molar-refractivity contribution is 5.93. The summed E-state index contributed by atoms with van der Waals surface area (Å²) >= 11 is 0. The van der Waals surface area contributed by atoms with E-state index >= 15 is 0 Å². The highest BCUT2D eigenvalue weighted by Gasteiger charge is 2.23. The Morgan fingerprint density at radius 3 is 2.71 bits per heavy atom. The number of hydrogen-bond donors (Lipinski definition) is 2. The molecular weight excluding hydrogens is 378 g/mol. The fourth-order valence-electron chi connectivity index (χ4n) is 3.38. The molecule has 0 radical (unpaired) electrons. The Morgan fingerprint density at radius 1 is 1.32 bits per heavy atom. The molecule has 154 valence electrons. The molecular formula is C20H30ClN5O2. The molecule has 8 heteroatoms. The fourth-order valence-corrected chi connectivity index (χ4v) is 3.38. The molecule has 2 N–H and O–H groups in total. The van der Waals surface area contributed by atoms with Crippen LogP contribution in [-0.2, 0) is 0 Å². The van der Waals surface area contributed by atoms with Crippen LogP contribution in [0.2, 0.25) is 0 Å². The van der Waals surface area contributed by atoms with Crippen LogP contribution in [0.5, 0.6) is 5.75 Å². The van der Waals surface area contributed by atoms with E-state index in [1.807, 2.05) is 49.7 Å². The standard InChI is InChI=1S/C20H29N5O2.ClH/c1-4-17(27-18-8-6-5-7-14(18)2)13-22-20(26)19-15(3)25(24-23-19)16-9-11-21-12-10-16;/h5-8,16-17,21H,4,9-13H2,1-3H3,(H,22,26);1H. The van der Waals surface area contributed by atoms with Gasteiger partial charge in [-0.2, -0.15) is 0 Å². The van der Waals surface area contributed by atoms with Crippen molar-refractivity contribution in [2.45, 2.75) is 52.2 Å². The van der Waals surface area contributed by atoms with E-state index in [4.69, 9.17) is 4.74 Å². The first-order valence-electron chi connectivity index (χ1n) is 9.73. The highest BCUT2D eigenvalue weighted by Crippen LogP contribution is 2.21. The predicted octanol–water partition coefficient (Wildman–Crippen LogP) is 2.83. The SMILES string of the molecule is CCC(CNC(=O)c1nnn(C2CCNCC2)c1C)Oc1ccccc1C.Cl. The van der Waals surface area contributed by atoms with E-state index in [0.29, 0.717) is 18.3 Å². The van der Waals surface area contributed by atoms with Gasteiger partial charge in [0, 0.05) is 0 Å². The second-order valence-corrected chi connectivity index (χ2v) is 7.07. The predicted molar refractivity (Wildman–Crippen MR) is 111 cm³/mol. The van der Waals surface area contributed by atoms with Gasteiger partial charge >= 0.3 is 0 Å². The van der Waals surface area contributed by atoms with Gasteiger partial charge in [-0.25, -0.2) is 4.68 Å². The van der Waals surface area contributed by atoms with Crippen LogP contribution in [0.25, 0.3) is 0 Å². The maximum atomic E-state index is 12.6. The molecule has 1 atom stereocenters. The average molecular weight is 408 g/mol. The van der Waals surface area contributed by atoms with Gasteiger partial charge in [0.1, 0.15) is 11.9 Å². The number of aryl methyl sites for hydroxylation is 1. The number of ether oxygens (including phenoxy) is 1. The van der Waals surface area contributed by atoms with Crippen LogP contribution in [-0.4, -0.2) is 46.6 Å². The van der Waals surface area contributed by atoms with Crippen LogP contribution in [0.4, 0.5) is 0 Å². The number of carbonyl (C=O) groups excluding carboxylic acids is 1. The quantitative estimate of drug-likeness (QED) is 0.737. The van der Waals surface area contributed by atoms with E-state index < -0.39 is 0 Å². The second-order valence-electron chi connectivity index (χ2n) is 7.07. The van der Waals surface area contributed by atoms with Crippen molar-refractivity contribution in [3.63, 3.8) is 0 Å². The van der Waals surface area contributed by atoms with Crippen molar-refractivity contribution in [2.75, 3.05) is 19.6 Å². The summed E-state index contributed by atoms with van der Waals surface area (Å²) in [5.41, 5.74) is 2.31. The first kappa shape index (κ1) is 22.2. The lowest BCUT2D eigenvalue weighted by Crippen LogP contribution is -2.35. The molecule has 1 saturated heterocycles. The first-order chi connectivity index (χ1) is 13.1. The third kappa shape index (κ3) is 5.23. The van der Waals surface area contributed by atoms with E-state index in [1.165, 1.54) is 0 Å². The number of halogens is 1. The monoisotopic (exact) mass is 407 g/mol. The zero-order valence-corrected chi connectivity index (χ0v) is 17.6. The van der Waals surface area contributed by atoms with E-state index in [9.17, 15) is 4.79 Å². The summed E-state index contributed by atoms with van der Waals surface area (Å²) in [7, 11) is 0. The van der Waals surface area contributed by atoms with Gasteiger partial charge in [-0.15, -0.1) is 17.5 Å². The molecule has 1 fully saturated rings. The summed E-state index contributed by atoms with van der Waals surface area (Å²) in [6, 6.07) is 8.22. The van der Waals surface area contributed by atoms with Gasteiger partial charge in [-0.05, 0) is 57.8 Å². The van der Waals surface area contributed by atoms with Gasteiger partial charge in [0.2, 0.25) is 0 Å². The Kier molecular flexibility index (Phi) is 8.26. The number of piperidine rings is 1. The van der Waals surface area contributed by atoms with Gasteiger partial charge < -0.3 is 15.4 Å². The van der Waals surface area contributed by atoms with Crippen molar-refractivity contribution in [2.24, 2.45) is 0 Å². The lowest BCUT2D eigenvalue weighted by Gasteiger charge is -2.23. The van der Waals surface area contributed by atoms with E-state index in [-0.39, 0.29) is 24.4 Å². The number of aromatic nitrogens is 3. The molecule has 2 heterocycles. The molecule has 0 bridgehead atoms. The number of rotatable bonds is 7. The number of nitrogens with one attached hydrogen (secondary N) is 2.